The van der Waals surface area contributed by atoms with Crippen molar-refractivity contribution in [1.29, 1.82) is 0 Å². The third-order valence-corrected chi connectivity index (χ3v) is 7.27. The van der Waals surface area contributed by atoms with Crippen LogP contribution in [-0.2, 0) is 14.8 Å². The summed E-state index contributed by atoms with van der Waals surface area (Å²) in [5, 5.41) is 6.06. The number of rotatable bonds is 6. The molecule has 0 atom stereocenters. The Morgan fingerprint density at radius 3 is 2.21 bits per heavy atom. The van der Waals surface area contributed by atoms with Crippen LogP contribution in [0.1, 0.15) is 27.6 Å². The van der Waals surface area contributed by atoms with E-state index in [9.17, 15) is 22.8 Å². The first-order chi connectivity index (χ1) is 13.8. The lowest BCUT2D eigenvalue weighted by Crippen LogP contribution is -2.52. The van der Waals surface area contributed by atoms with Gasteiger partial charge in [0, 0.05) is 42.7 Å². The fraction of sp³-hybridized carbons (Fsp3) is 0.316. The van der Waals surface area contributed by atoms with Crippen LogP contribution in [0, 0.1) is 0 Å². The number of benzene rings is 1. The van der Waals surface area contributed by atoms with E-state index in [2.05, 4.69) is 5.32 Å². The summed E-state index contributed by atoms with van der Waals surface area (Å²) in [6.45, 7) is 2.12. The highest BCUT2D eigenvalue weighted by Crippen LogP contribution is 2.18. The largest absolute Gasteiger partial charge is 0.343 e. The Kier molecular flexibility index (Phi) is 6.46. The molecule has 0 bridgehead atoms. The number of sulfonamides is 1. The summed E-state index contributed by atoms with van der Waals surface area (Å²) in [4.78, 5) is 37.2. The van der Waals surface area contributed by atoms with Crippen molar-refractivity contribution < 1.29 is 22.8 Å². The third-order valence-electron chi connectivity index (χ3n) is 4.67. The molecule has 29 heavy (non-hydrogen) atoms. The maximum atomic E-state index is 12.8. The summed E-state index contributed by atoms with van der Waals surface area (Å²) in [7, 11) is -3.69. The van der Waals surface area contributed by atoms with E-state index in [0.29, 0.717) is 11.1 Å². The molecule has 2 heterocycles. The number of Topliss-reactive ketones (excluding diaryl/α,β-unsaturated/α-hetero) is 1. The van der Waals surface area contributed by atoms with Crippen LogP contribution in [0.2, 0.25) is 0 Å². The summed E-state index contributed by atoms with van der Waals surface area (Å²) in [6, 6.07) is 7.50. The van der Waals surface area contributed by atoms with Crippen molar-refractivity contribution in [2.24, 2.45) is 0 Å². The zero-order valence-electron chi connectivity index (χ0n) is 15.8. The first-order valence-corrected chi connectivity index (χ1v) is 11.4. The van der Waals surface area contributed by atoms with Gasteiger partial charge in [-0.3, -0.25) is 14.4 Å². The highest BCUT2D eigenvalue weighted by atomic mass is 32.2. The normalized spacial score (nSPS) is 15.1. The summed E-state index contributed by atoms with van der Waals surface area (Å²) in [5.74, 6) is -0.696. The fourth-order valence-electron chi connectivity index (χ4n) is 2.95. The molecule has 1 aliphatic rings. The molecule has 2 amide bonds. The highest BCUT2D eigenvalue weighted by Gasteiger charge is 2.30. The smallest absolute Gasteiger partial charge is 0.252 e. The van der Waals surface area contributed by atoms with Crippen LogP contribution in [0.4, 0.5) is 0 Å². The van der Waals surface area contributed by atoms with E-state index in [0.717, 1.165) is 0 Å². The van der Waals surface area contributed by atoms with Crippen LogP contribution in [0.3, 0.4) is 0 Å². The van der Waals surface area contributed by atoms with Crippen LogP contribution in [0.25, 0.3) is 0 Å². The summed E-state index contributed by atoms with van der Waals surface area (Å²) in [5.41, 5.74) is 0.957. The number of nitrogens with one attached hydrogen (secondary N) is 1. The summed E-state index contributed by atoms with van der Waals surface area (Å²) < 4.78 is 26.9. The number of hydrogen-bond donors (Lipinski definition) is 1. The van der Waals surface area contributed by atoms with Crippen LogP contribution in [0.5, 0.6) is 0 Å². The molecule has 3 rings (SSSR count). The van der Waals surface area contributed by atoms with Crippen molar-refractivity contribution in [2.75, 3.05) is 32.7 Å². The van der Waals surface area contributed by atoms with E-state index in [-0.39, 0.29) is 55.2 Å². The van der Waals surface area contributed by atoms with Gasteiger partial charge >= 0.3 is 0 Å². The second kappa shape index (κ2) is 8.85. The lowest BCUT2D eigenvalue weighted by molar-refractivity contribution is -0.131. The third kappa shape index (κ3) is 4.89. The maximum absolute atomic E-state index is 12.8. The fourth-order valence-corrected chi connectivity index (χ4v) is 5.01. The Balaban J connectivity index is 1.54. The molecule has 154 valence electrons. The van der Waals surface area contributed by atoms with Crippen molar-refractivity contribution >= 4 is 39.0 Å². The molecule has 8 nitrogen and oxygen atoms in total. The lowest BCUT2D eigenvalue weighted by Gasteiger charge is -2.34. The minimum atomic E-state index is -3.69. The van der Waals surface area contributed by atoms with Crippen LogP contribution >= 0.6 is 11.3 Å². The van der Waals surface area contributed by atoms with Crippen molar-refractivity contribution in [3.05, 3.63) is 52.2 Å². The molecule has 1 fully saturated rings. The van der Waals surface area contributed by atoms with E-state index in [1.54, 1.807) is 21.7 Å². The van der Waals surface area contributed by atoms with E-state index in [1.807, 2.05) is 0 Å². The van der Waals surface area contributed by atoms with Gasteiger partial charge in [-0.2, -0.15) is 15.6 Å². The molecule has 0 radical (unpaired) electrons. The standard InChI is InChI=1S/C19H21N3O5S2/c1-14(23)15-2-4-17(5-3-15)29(26,27)22-9-7-21(8-10-22)18(24)12-20-19(25)16-6-11-28-13-16/h2-6,11,13H,7-10,12H2,1H3,(H,20,25). The Hall–Kier alpha value is -2.56. The molecule has 1 aliphatic heterocycles. The predicted molar refractivity (Wildman–Crippen MR) is 108 cm³/mol. The molecule has 1 aromatic carbocycles. The molecule has 1 N–H and O–H groups in total. The maximum Gasteiger partial charge on any atom is 0.252 e. The second-order valence-electron chi connectivity index (χ2n) is 6.56. The minimum absolute atomic E-state index is 0.116. The molecule has 0 unspecified atom stereocenters. The number of amides is 2. The van der Waals surface area contributed by atoms with Gasteiger partial charge in [0.1, 0.15) is 0 Å². The minimum Gasteiger partial charge on any atom is -0.343 e. The second-order valence-corrected chi connectivity index (χ2v) is 9.28. The molecular weight excluding hydrogens is 414 g/mol. The Labute approximate surface area is 173 Å². The van der Waals surface area contributed by atoms with Gasteiger partial charge in [0.15, 0.2) is 5.78 Å². The van der Waals surface area contributed by atoms with Crippen LogP contribution in [-0.4, -0.2) is 67.9 Å². The molecule has 10 heteroatoms. The van der Waals surface area contributed by atoms with Gasteiger partial charge in [-0.05, 0) is 30.5 Å². The first kappa shape index (κ1) is 21.2. The van der Waals surface area contributed by atoms with Gasteiger partial charge in [-0.15, -0.1) is 0 Å². The SMILES string of the molecule is CC(=O)c1ccc(S(=O)(=O)N2CCN(C(=O)CNC(=O)c3ccsc3)CC2)cc1. The van der Waals surface area contributed by atoms with Crippen LogP contribution in [0.15, 0.2) is 46.0 Å². The number of piperazine rings is 1. The van der Waals surface area contributed by atoms with Gasteiger partial charge in [0.2, 0.25) is 15.9 Å². The zero-order chi connectivity index (χ0) is 21.0. The van der Waals surface area contributed by atoms with Gasteiger partial charge in [-0.1, -0.05) is 12.1 Å². The Morgan fingerprint density at radius 1 is 1.00 bits per heavy atom. The highest BCUT2D eigenvalue weighted by molar-refractivity contribution is 7.89. The predicted octanol–water partition coefficient (Wildman–Crippen LogP) is 1.21. The summed E-state index contributed by atoms with van der Waals surface area (Å²) >= 11 is 1.40. The Bertz CT molecular complexity index is 993. The molecule has 2 aromatic rings. The molecule has 1 saturated heterocycles. The monoisotopic (exact) mass is 435 g/mol. The molecule has 1 aromatic heterocycles. The number of carbonyl (C=O) groups excluding carboxylic acids is 3. The first-order valence-electron chi connectivity index (χ1n) is 8.98. The van der Waals surface area contributed by atoms with Crippen LogP contribution < -0.4 is 5.32 Å². The number of thiophene rings is 1. The van der Waals surface area contributed by atoms with Crippen molar-refractivity contribution in [3.63, 3.8) is 0 Å². The van der Waals surface area contributed by atoms with Gasteiger partial charge < -0.3 is 10.2 Å². The van der Waals surface area contributed by atoms with Crippen molar-refractivity contribution in [3.8, 4) is 0 Å². The van der Waals surface area contributed by atoms with E-state index < -0.39 is 10.0 Å². The summed E-state index contributed by atoms with van der Waals surface area (Å²) in [6.07, 6.45) is 0. The average Bonchev–Trinajstić information content (AvgIpc) is 3.27. The molecule has 0 spiro atoms. The van der Waals surface area contributed by atoms with Gasteiger partial charge in [-0.25, -0.2) is 8.42 Å². The number of hydrogen-bond acceptors (Lipinski definition) is 6. The molecule has 0 saturated carbocycles. The van der Waals surface area contributed by atoms with E-state index >= 15 is 0 Å². The quantitative estimate of drug-likeness (QED) is 0.687. The topological polar surface area (TPSA) is 104 Å². The van der Waals surface area contributed by atoms with E-state index in [4.69, 9.17) is 0 Å². The molecular formula is C19H21N3O5S2. The number of ketones is 1. The zero-order valence-corrected chi connectivity index (χ0v) is 17.5. The van der Waals surface area contributed by atoms with Crippen molar-refractivity contribution in [1.82, 2.24) is 14.5 Å². The average molecular weight is 436 g/mol. The van der Waals surface area contributed by atoms with E-state index in [1.165, 1.54) is 46.8 Å². The van der Waals surface area contributed by atoms with Gasteiger partial charge in [0.25, 0.3) is 5.91 Å². The number of carbonyl (C=O) groups is 3. The van der Waals surface area contributed by atoms with Crippen molar-refractivity contribution in [2.45, 2.75) is 11.8 Å². The number of nitrogens with zero attached hydrogens (tertiary/aromatic N) is 2. The van der Waals surface area contributed by atoms with Gasteiger partial charge in [0.05, 0.1) is 11.4 Å². The lowest BCUT2D eigenvalue weighted by atomic mass is 10.2. The molecule has 0 aliphatic carbocycles. The Morgan fingerprint density at radius 2 is 1.66 bits per heavy atom.